The molecule has 4 rings (SSSR count). The number of hydrogen-bond acceptors (Lipinski definition) is 8. The van der Waals surface area contributed by atoms with Crippen molar-refractivity contribution in [2.45, 2.75) is 95.3 Å². The van der Waals surface area contributed by atoms with Gasteiger partial charge < -0.3 is 41.1 Å². The molecule has 0 unspecified atom stereocenters. The van der Waals surface area contributed by atoms with Gasteiger partial charge in [-0.2, -0.15) is 17.7 Å². The normalized spacial score (nSPS) is 16.4. The minimum absolute atomic E-state index is 0.00853. The number of nitrogens with one attached hydrogen (secondary N) is 2. The van der Waals surface area contributed by atoms with E-state index < -0.39 is 72.8 Å². The summed E-state index contributed by atoms with van der Waals surface area (Å²) in [6.45, 7) is 9.39. The number of alkyl halides is 3. The highest BCUT2D eigenvalue weighted by Gasteiger charge is 2.44. The molecule has 2 aromatic rings. The van der Waals surface area contributed by atoms with E-state index in [4.69, 9.17) is 20.1 Å². The van der Waals surface area contributed by atoms with Gasteiger partial charge in [-0.15, -0.1) is 0 Å². The fraction of sp³-hybridized carbons (Fsp3) is 0.378. The van der Waals surface area contributed by atoms with Crippen molar-refractivity contribution in [3.8, 4) is 0 Å². The lowest BCUT2D eigenvalue weighted by molar-refractivity contribution is -0.438. The number of halogens is 5. The maximum Gasteiger partial charge on any atom is 0.490 e. The van der Waals surface area contributed by atoms with Crippen molar-refractivity contribution in [2.24, 2.45) is 0 Å². The number of hydrogen-bond donors (Lipinski definition) is 7. The maximum absolute atomic E-state index is 12.6. The van der Waals surface area contributed by atoms with Gasteiger partial charge in [-0.3, -0.25) is 19.2 Å². The Morgan fingerprint density at radius 3 is 1.71 bits per heavy atom. The van der Waals surface area contributed by atoms with Crippen LogP contribution >= 0.6 is 31.9 Å². The van der Waals surface area contributed by atoms with Crippen molar-refractivity contribution in [3.05, 3.63) is 105 Å². The monoisotopic (exact) mass is 1050 g/mol. The van der Waals surface area contributed by atoms with Crippen molar-refractivity contribution in [1.29, 1.82) is 0 Å². The lowest BCUT2D eigenvalue weighted by atomic mass is 9.81. The molecule has 356 valence electrons. The Morgan fingerprint density at radius 1 is 0.712 bits per heavy atom. The number of carbonyl (C=O) groups excluding carboxylic acids is 2. The number of aliphatic carboxylic acids is 5. The first kappa shape index (κ1) is 54.2. The Hall–Kier alpha value is -6.09. The summed E-state index contributed by atoms with van der Waals surface area (Å²) in [6, 6.07) is 9.12. The lowest BCUT2D eigenvalue weighted by Gasteiger charge is -2.27. The highest BCUT2D eigenvalue weighted by atomic mass is 79.9. The topological polar surface area (TPSA) is 251 Å². The number of carboxylic acids is 5. The molecule has 0 spiro atoms. The van der Waals surface area contributed by atoms with Crippen LogP contribution in [0.25, 0.3) is 0 Å². The number of carbonyl (C=O) groups is 7. The zero-order valence-corrected chi connectivity index (χ0v) is 39.4. The second-order valence-corrected chi connectivity index (χ2v) is 17.9. The van der Waals surface area contributed by atoms with Gasteiger partial charge in [0.15, 0.2) is 5.71 Å². The van der Waals surface area contributed by atoms with Crippen LogP contribution in [0.3, 0.4) is 0 Å². The van der Waals surface area contributed by atoms with Gasteiger partial charge in [0.2, 0.25) is 17.5 Å². The summed E-state index contributed by atoms with van der Waals surface area (Å²) >= 11 is 7.14. The summed E-state index contributed by atoms with van der Waals surface area (Å²) in [6.07, 6.45) is 7.93. The van der Waals surface area contributed by atoms with Gasteiger partial charge in [0.1, 0.15) is 18.6 Å². The maximum atomic E-state index is 12.6. The summed E-state index contributed by atoms with van der Waals surface area (Å²) in [5, 5.41) is 48.4. The Bertz CT molecular complexity index is 2370. The van der Waals surface area contributed by atoms with E-state index in [2.05, 4.69) is 91.8 Å². The average Bonchev–Trinajstić information content (AvgIpc) is 3.53. The van der Waals surface area contributed by atoms with E-state index in [1.165, 1.54) is 0 Å². The SMILES string of the molecule is CC1(C)C(/C=C/C=C/C=C/C=C2/N(CCCC(=O)N[C@@H](CC(=O)O)C(=O)O)c3cc(Br)ccc3C2(C)C)=[N+](CCCC(=O)N[C@@H](CC(=O)O)C(=O)O)c2cc(Br)ccc21.O=C(O)C(F)(F)F. The third kappa shape index (κ3) is 15.0. The first-order valence-electron chi connectivity index (χ1n) is 20.2. The molecule has 16 nitrogen and oxygen atoms in total. The average molecular weight is 1060 g/mol. The van der Waals surface area contributed by atoms with E-state index in [0.717, 1.165) is 42.9 Å². The highest BCUT2D eigenvalue weighted by Crippen LogP contribution is 2.48. The van der Waals surface area contributed by atoms with Gasteiger partial charge in [-0.05, 0) is 50.1 Å². The molecule has 0 aliphatic carbocycles. The fourth-order valence-corrected chi connectivity index (χ4v) is 8.06. The van der Waals surface area contributed by atoms with Crippen LogP contribution in [-0.4, -0.2) is 109 Å². The third-order valence-electron chi connectivity index (χ3n) is 10.5. The number of fused-ring (bicyclic) bond motifs is 2. The Morgan fingerprint density at radius 2 is 1.20 bits per heavy atom. The van der Waals surface area contributed by atoms with E-state index in [9.17, 15) is 52.2 Å². The van der Waals surface area contributed by atoms with Crippen LogP contribution in [0.4, 0.5) is 24.5 Å². The van der Waals surface area contributed by atoms with Crippen LogP contribution in [-0.2, 0) is 44.4 Å². The van der Waals surface area contributed by atoms with Crippen LogP contribution in [0.2, 0.25) is 0 Å². The number of rotatable bonds is 20. The molecule has 2 amide bonds. The highest BCUT2D eigenvalue weighted by molar-refractivity contribution is 9.10. The first-order chi connectivity index (χ1) is 30.7. The zero-order chi connectivity index (χ0) is 49.7. The molecule has 2 aliphatic heterocycles. The molecular weight excluding hydrogens is 1010 g/mol. The molecule has 2 aromatic carbocycles. The number of anilines is 1. The molecule has 2 atom stereocenters. The molecule has 66 heavy (non-hydrogen) atoms. The zero-order valence-electron chi connectivity index (χ0n) is 36.2. The van der Waals surface area contributed by atoms with Crippen molar-refractivity contribution >= 4 is 90.6 Å². The van der Waals surface area contributed by atoms with Gasteiger partial charge in [0.05, 0.1) is 18.3 Å². The molecular formula is C45H50Br2F3N4O12+. The number of allylic oxidation sites excluding steroid dienone is 8. The van der Waals surface area contributed by atoms with Gasteiger partial charge in [0.25, 0.3) is 0 Å². The Labute approximate surface area is 394 Å². The van der Waals surface area contributed by atoms with Gasteiger partial charge in [0, 0.05) is 69.3 Å². The second kappa shape index (κ2) is 23.4. The number of nitrogens with zero attached hydrogens (tertiary/aromatic N) is 2. The summed E-state index contributed by atoms with van der Waals surface area (Å²) in [7, 11) is 0. The molecule has 2 aliphatic rings. The fourth-order valence-electron chi connectivity index (χ4n) is 7.37. The first-order valence-corrected chi connectivity index (χ1v) is 21.8. The minimum Gasteiger partial charge on any atom is -0.481 e. The van der Waals surface area contributed by atoms with Crippen LogP contribution < -0.4 is 15.5 Å². The molecule has 0 radical (unpaired) electrons. The smallest absolute Gasteiger partial charge is 0.481 e. The number of carboxylic acid groups (broad SMARTS) is 5. The van der Waals surface area contributed by atoms with E-state index >= 15 is 0 Å². The van der Waals surface area contributed by atoms with Crippen LogP contribution in [0.15, 0.2) is 93.6 Å². The van der Waals surface area contributed by atoms with E-state index in [1.54, 1.807) is 0 Å². The van der Waals surface area contributed by atoms with Crippen LogP contribution in [0.5, 0.6) is 0 Å². The molecule has 7 N–H and O–H groups in total. The molecule has 0 saturated heterocycles. The predicted octanol–water partition coefficient (Wildman–Crippen LogP) is 7.22. The second-order valence-electron chi connectivity index (χ2n) is 16.1. The van der Waals surface area contributed by atoms with Gasteiger partial charge >= 0.3 is 36.0 Å². The van der Waals surface area contributed by atoms with Crippen molar-refractivity contribution in [2.75, 3.05) is 18.0 Å². The Kier molecular flexibility index (Phi) is 19.2. The summed E-state index contributed by atoms with van der Waals surface area (Å²) in [4.78, 5) is 81.2. The van der Waals surface area contributed by atoms with Crippen molar-refractivity contribution in [3.63, 3.8) is 0 Å². The summed E-state index contributed by atoms with van der Waals surface area (Å²) in [5.41, 5.74) is 5.41. The summed E-state index contributed by atoms with van der Waals surface area (Å²) in [5.74, 6) is -9.29. The third-order valence-corrected chi connectivity index (χ3v) is 11.5. The standard InChI is InChI=1S/C43H48Br2N4O10.C2HF3O2/c1-42(2)28-18-16-26(44)22-32(28)48(20-10-14-36(50)46-30(40(56)57)24-38(52)53)34(42)12-8-6-5-7-9-13-35-43(3,4)29-19-17-27(45)23-33(29)49(35)21-11-15-37(51)47-31(41(58)59)25-39(54)55;3-2(4,5)1(6)7/h5-9,12-13,16-19,22-23,30-31H,10-11,14-15,20-21,24-25H2,1-4H3,(H5-,46,47,50,51,52,53,54,55,56,57,58,59);(H,6,7)/p+1/t30-,31-;/m0./s1. The van der Waals surface area contributed by atoms with Crippen LogP contribution in [0.1, 0.15) is 77.3 Å². The molecule has 0 bridgehead atoms. The number of benzene rings is 2. The van der Waals surface area contributed by atoms with Gasteiger partial charge in [-0.25, -0.2) is 14.4 Å². The van der Waals surface area contributed by atoms with Crippen molar-refractivity contribution in [1.82, 2.24) is 10.6 Å². The lowest BCUT2D eigenvalue weighted by Crippen LogP contribution is -2.42. The molecule has 0 fully saturated rings. The predicted molar refractivity (Wildman–Crippen MR) is 243 cm³/mol. The molecule has 2 heterocycles. The Balaban J connectivity index is 0.00000152. The molecule has 21 heteroatoms. The molecule has 0 aromatic heterocycles. The van der Waals surface area contributed by atoms with E-state index in [0.29, 0.717) is 25.9 Å². The number of amides is 2. The van der Waals surface area contributed by atoms with E-state index in [-0.39, 0.29) is 23.7 Å². The van der Waals surface area contributed by atoms with E-state index in [1.807, 2.05) is 66.8 Å². The van der Waals surface area contributed by atoms with Crippen LogP contribution in [0, 0.1) is 0 Å². The van der Waals surface area contributed by atoms with Gasteiger partial charge in [-0.1, -0.05) is 88.2 Å². The minimum atomic E-state index is -5.08. The molecule has 0 saturated carbocycles. The van der Waals surface area contributed by atoms with Crippen molar-refractivity contribution < 1.29 is 76.8 Å². The quantitative estimate of drug-likeness (QED) is 0.0512. The summed E-state index contributed by atoms with van der Waals surface area (Å²) < 4.78 is 35.7. The largest absolute Gasteiger partial charge is 0.490 e.